The third-order valence-electron chi connectivity index (χ3n) is 2.82. The Morgan fingerprint density at radius 2 is 2.16 bits per heavy atom. The van der Waals surface area contributed by atoms with Gasteiger partial charge in [-0.1, -0.05) is 0 Å². The van der Waals surface area contributed by atoms with Gasteiger partial charge in [-0.05, 0) is 13.8 Å². The predicted molar refractivity (Wildman–Crippen MR) is 74.5 cm³/mol. The zero-order chi connectivity index (χ0) is 13.4. The van der Waals surface area contributed by atoms with Crippen LogP contribution in [0.2, 0.25) is 0 Å². The van der Waals surface area contributed by atoms with Crippen LogP contribution in [0.15, 0.2) is 17.8 Å². The van der Waals surface area contributed by atoms with Crippen molar-refractivity contribution in [1.29, 1.82) is 0 Å². The first kappa shape index (κ1) is 12.0. The molecule has 98 valence electrons. The van der Waals surface area contributed by atoms with Gasteiger partial charge < -0.3 is 4.90 Å². The summed E-state index contributed by atoms with van der Waals surface area (Å²) in [7, 11) is 2.02. The summed E-state index contributed by atoms with van der Waals surface area (Å²) < 4.78 is 1.74. The molecule has 3 aromatic rings. The standard InChI is InChI=1S/C12H14N6S/c1-8-4-11(18-12(15-8)13-7-14-18)17(3)5-10-6-19-9(2)16-10/h4,6-7H,5H2,1-3H3. The summed E-state index contributed by atoms with van der Waals surface area (Å²) >= 11 is 1.67. The van der Waals surface area contributed by atoms with Gasteiger partial charge in [0.2, 0.25) is 0 Å². The zero-order valence-corrected chi connectivity index (χ0v) is 11.8. The topological polar surface area (TPSA) is 59.2 Å². The highest BCUT2D eigenvalue weighted by Crippen LogP contribution is 2.17. The molecule has 0 amide bonds. The normalized spacial score (nSPS) is 11.1. The van der Waals surface area contributed by atoms with Gasteiger partial charge in [0.15, 0.2) is 0 Å². The van der Waals surface area contributed by atoms with Crippen LogP contribution in [0.25, 0.3) is 5.78 Å². The molecule has 3 rings (SSSR count). The second-order valence-electron chi connectivity index (χ2n) is 4.44. The lowest BCUT2D eigenvalue weighted by atomic mass is 10.4. The Labute approximate surface area is 114 Å². The summed E-state index contributed by atoms with van der Waals surface area (Å²) in [5, 5.41) is 7.38. The van der Waals surface area contributed by atoms with E-state index < -0.39 is 0 Å². The number of hydrogen-bond donors (Lipinski definition) is 0. The van der Waals surface area contributed by atoms with Crippen molar-refractivity contribution in [2.75, 3.05) is 11.9 Å². The fourth-order valence-electron chi connectivity index (χ4n) is 1.99. The van der Waals surface area contributed by atoms with Crippen molar-refractivity contribution in [3.05, 3.63) is 34.2 Å². The number of aryl methyl sites for hydroxylation is 2. The highest BCUT2D eigenvalue weighted by atomic mass is 32.1. The molecule has 0 aliphatic carbocycles. The number of aromatic nitrogens is 5. The highest BCUT2D eigenvalue weighted by Gasteiger charge is 2.11. The molecule has 0 aliphatic heterocycles. The fraction of sp³-hybridized carbons (Fsp3) is 0.333. The summed E-state index contributed by atoms with van der Waals surface area (Å²) in [6, 6.07) is 2.00. The summed E-state index contributed by atoms with van der Waals surface area (Å²) in [5.41, 5.74) is 1.99. The summed E-state index contributed by atoms with van der Waals surface area (Å²) in [5.74, 6) is 1.59. The first-order valence-electron chi connectivity index (χ1n) is 5.93. The molecule has 0 unspecified atom stereocenters. The molecule has 19 heavy (non-hydrogen) atoms. The van der Waals surface area contributed by atoms with E-state index in [1.165, 1.54) is 6.33 Å². The molecule has 3 aromatic heterocycles. The van der Waals surface area contributed by atoms with Gasteiger partial charge in [-0.15, -0.1) is 11.3 Å². The number of hydrogen-bond acceptors (Lipinski definition) is 6. The van der Waals surface area contributed by atoms with Gasteiger partial charge in [0.1, 0.15) is 12.1 Å². The van der Waals surface area contributed by atoms with Crippen molar-refractivity contribution >= 4 is 22.9 Å². The Kier molecular flexibility index (Phi) is 2.90. The Morgan fingerprint density at radius 3 is 2.89 bits per heavy atom. The van der Waals surface area contributed by atoms with Crippen LogP contribution in [0.1, 0.15) is 16.4 Å². The van der Waals surface area contributed by atoms with Gasteiger partial charge in [0.25, 0.3) is 5.78 Å². The Hall–Kier alpha value is -2.02. The van der Waals surface area contributed by atoms with E-state index >= 15 is 0 Å². The molecule has 0 N–H and O–H groups in total. The first-order chi connectivity index (χ1) is 9.13. The summed E-state index contributed by atoms with van der Waals surface area (Å²) in [6.07, 6.45) is 1.52. The Bertz CT molecular complexity index is 716. The quantitative estimate of drug-likeness (QED) is 0.729. The molecule has 0 aromatic carbocycles. The molecule has 0 saturated carbocycles. The maximum absolute atomic E-state index is 4.48. The third kappa shape index (κ3) is 2.28. The van der Waals surface area contributed by atoms with Gasteiger partial charge in [-0.25, -0.2) is 9.97 Å². The van der Waals surface area contributed by atoms with Crippen LogP contribution in [-0.4, -0.2) is 31.6 Å². The van der Waals surface area contributed by atoms with Crippen LogP contribution < -0.4 is 4.90 Å². The van der Waals surface area contributed by atoms with E-state index in [1.807, 2.05) is 27.0 Å². The van der Waals surface area contributed by atoms with E-state index in [2.05, 4.69) is 30.3 Å². The van der Waals surface area contributed by atoms with Crippen LogP contribution in [0.4, 0.5) is 5.82 Å². The third-order valence-corrected chi connectivity index (χ3v) is 3.64. The molecule has 0 saturated heterocycles. The molecule has 0 atom stereocenters. The minimum atomic E-state index is 0.622. The number of nitrogens with zero attached hydrogens (tertiary/aromatic N) is 6. The second-order valence-corrected chi connectivity index (χ2v) is 5.50. The van der Waals surface area contributed by atoms with Crippen molar-refractivity contribution in [2.45, 2.75) is 20.4 Å². The van der Waals surface area contributed by atoms with E-state index in [1.54, 1.807) is 15.9 Å². The molecule has 3 heterocycles. The number of anilines is 1. The van der Waals surface area contributed by atoms with Crippen LogP contribution in [0.3, 0.4) is 0 Å². The number of thiazole rings is 1. The van der Waals surface area contributed by atoms with Gasteiger partial charge >= 0.3 is 0 Å². The fourth-order valence-corrected chi connectivity index (χ4v) is 2.59. The van der Waals surface area contributed by atoms with Crippen LogP contribution in [-0.2, 0) is 6.54 Å². The smallest absolute Gasteiger partial charge is 0.254 e. The maximum atomic E-state index is 4.48. The lowest BCUT2D eigenvalue weighted by Gasteiger charge is -2.18. The SMILES string of the molecule is Cc1cc(N(C)Cc2csc(C)n2)n2ncnc2n1. The summed E-state index contributed by atoms with van der Waals surface area (Å²) in [6.45, 7) is 4.71. The molecular formula is C12H14N6S. The summed E-state index contributed by atoms with van der Waals surface area (Å²) in [4.78, 5) is 15.1. The first-order valence-corrected chi connectivity index (χ1v) is 6.81. The Morgan fingerprint density at radius 1 is 1.32 bits per heavy atom. The number of fused-ring (bicyclic) bond motifs is 1. The predicted octanol–water partition coefficient (Wildman–Crippen LogP) is 1.83. The molecule has 0 bridgehead atoms. The van der Waals surface area contributed by atoms with E-state index in [9.17, 15) is 0 Å². The van der Waals surface area contributed by atoms with Gasteiger partial charge in [0.05, 0.1) is 17.2 Å². The average Bonchev–Trinajstić information content (AvgIpc) is 2.96. The molecule has 7 heteroatoms. The van der Waals surface area contributed by atoms with Gasteiger partial charge in [0, 0.05) is 24.2 Å². The van der Waals surface area contributed by atoms with E-state index in [-0.39, 0.29) is 0 Å². The number of rotatable bonds is 3. The zero-order valence-electron chi connectivity index (χ0n) is 11.0. The maximum Gasteiger partial charge on any atom is 0.254 e. The van der Waals surface area contributed by atoms with Crippen molar-refractivity contribution in [1.82, 2.24) is 24.6 Å². The minimum absolute atomic E-state index is 0.622. The largest absolute Gasteiger partial charge is 0.354 e. The van der Waals surface area contributed by atoms with Crippen molar-refractivity contribution in [2.24, 2.45) is 0 Å². The monoisotopic (exact) mass is 274 g/mol. The molecule has 0 fully saturated rings. The van der Waals surface area contributed by atoms with E-state index in [0.717, 1.165) is 28.8 Å². The van der Waals surface area contributed by atoms with Gasteiger partial charge in [-0.2, -0.15) is 14.6 Å². The van der Waals surface area contributed by atoms with Crippen LogP contribution in [0, 0.1) is 13.8 Å². The van der Waals surface area contributed by atoms with Crippen LogP contribution >= 0.6 is 11.3 Å². The van der Waals surface area contributed by atoms with E-state index in [0.29, 0.717) is 5.78 Å². The van der Waals surface area contributed by atoms with Crippen molar-refractivity contribution in [3.8, 4) is 0 Å². The average molecular weight is 274 g/mol. The lowest BCUT2D eigenvalue weighted by Crippen LogP contribution is -2.20. The molecule has 0 spiro atoms. The van der Waals surface area contributed by atoms with E-state index in [4.69, 9.17) is 0 Å². The van der Waals surface area contributed by atoms with Crippen molar-refractivity contribution < 1.29 is 0 Å². The van der Waals surface area contributed by atoms with Crippen molar-refractivity contribution in [3.63, 3.8) is 0 Å². The van der Waals surface area contributed by atoms with Gasteiger partial charge in [-0.3, -0.25) is 0 Å². The minimum Gasteiger partial charge on any atom is -0.354 e. The van der Waals surface area contributed by atoms with Crippen LogP contribution in [0.5, 0.6) is 0 Å². The molecular weight excluding hydrogens is 260 g/mol. The highest BCUT2D eigenvalue weighted by molar-refractivity contribution is 7.09. The molecule has 6 nitrogen and oxygen atoms in total. The Balaban J connectivity index is 1.96. The second kappa shape index (κ2) is 4.58. The lowest BCUT2D eigenvalue weighted by molar-refractivity contribution is 0.814. The molecule has 0 radical (unpaired) electrons. The molecule has 0 aliphatic rings.